The molecule has 2 aromatic rings. The standard InChI is InChI=1S/C11H16N4O3S/c1-8(7-16)14(2)19(17,18)11-10(12)13-9-5-3-4-6-15(9)11/h3-6,8,16H,7,12H2,1-2H3. The summed E-state index contributed by atoms with van der Waals surface area (Å²) in [4.78, 5) is 4.02. The summed E-state index contributed by atoms with van der Waals surface area (Å²) < 4.78 is 27.5. The molecule has 104 valence electrons. The Hall–Kier alpha value is -1.64. The summed E-state index contributed by atoms with van der Waals surface area (Å²) in [6.07, 6.45) is 1.59. The van der Waals surface area contributed by atoms with Crippen LogP contribution in [0.1, 0.15) is 6.92 Å². The number of fused-ring (bicyclic) bond motifs is 1. The molecule has 1 unspecified atom stereocenters. The monoisotopic (exact) mass is 284 g/mol. The van der Waals surface area contributed by atoms with Crippen molar-refractivity contribution >= 4 is 21.5 Å². The lowest BCUT2D eigenvalue weighted by atomic mass is 10.4. The van der Waals surface area contributed by atoms with Crippen molar-refractivity contribution in [2.24, 2.45) is 0 Å². The van der Waals surface area contributed by atoms with Gasteiger partial charge in [-0.05, 0) is 19.1 Å². The van der Waals surface area contributed by atoms with Gasteiger partial charge >= 0.3 is 0 Å². The second kappa shape index (κ2) is 4.80. The third kappa shape index (κ3) is 2.18. The van der Waals surface area contributed by atoms with Crippen LogP contribution in [0.25, 0.3) is 5.65 Å². The van der Waals surface area contributed by atoms with Crippen molar-refractivity contribution in [3.63, 3.8) is 0 Å². The molecule has 0 amide bonds. The van der Waals surface area contributed by atoms with Gasteiger partial charge in [-0.3, -0.25) is 4.40 Å². The Kier molecular flexibility index (Phi) is 3.48. The average Bonchev–Trinajstić information content (AvgIpc) is 2.73. The maximum absolute atomic E-state index is 12.5. The molecule has 0 saturated carbocycles. The Morgan fingerprint density at radius 2 is 2.21 bits per heavy atom. The van der Waals surface area contributed by atoms with Gasteiger partial charge in [-0.1, -0.05) is 6.07 Å². The van der Waals surface area contributed by atoms with Gasteiger partial charge in [0.25, 0.3) is 10.0 Å². The van der Waals surface area contributed by atoms with E-state index in [1.54, 1.807) is 31.3 Å². The van der Waals surface area contributed by atoms with Gasteiger partial charge < -0.3 is 10.8 Å². The molecule has 0 bridgehead atoms. The van der Waals surface area contributed by atoms with Crippen molar-refractivity contribution in [2.75, 3.05) is 19.4 Å². The van der Waals surface area contributed by atoms with Gasteiger partial charge in [-0.25, -0.2) is 13.4 Å². The number of imidazole rings is 1. The quantitative estimate of drug-likeness (QED) is 0.817. The van der Waals surface area contributed by atoms with E-state index in [0.717, 1.165) is 4.31 Å². The van der Waals surface area contributed by atoms with E-state index in [0.29, 0.717) is 5.65 Å². The fraction of sp³-hybridized carbons (Fsp3) is 0.364. The zero-order valence-electron chi connectivity index (χ0n) is 10.7. The number of nitrogens with zero attached hydrogens (tertiary/aromatic N) is 3. The highest BCUT2D eigenvalue weighted by molar-refractivity contribution is 7.89. The first-order valence-corrected chi connectivity index (χ1v) is 7.15. The van der Waals surface area contributed by atoms with E-state index >= 15 is 0 Å². The number of rotatable bonds is 4. The van der Waals surface area contributed by atoms with Crippen LogP contribution < -0.4 is 5.73 Å². The largest absolute Gasteiger partial charge is 0.395 e. The van der Waals surface area contributed by atoms with Gasteiger partial charge in [0, 0.05) is 19.3 Å². The van der Waals surface area contributed by atoms with Crippen LogP contribution in [-0.2, 0) is 10.0 Å². The van der Waals surface area contributed by atoms with E-state index in [1.165, 1.54) is 11.4 Å². The highest BCUT2D eigenvalue weighted by atomic mass is 32.2. The second-order valence-corrected chi connectivity index (χ2v) is 6.20. The van der Waals surface area contributed by atoms with Crippen molar-refractivity contribution in [2.45, 2.75) is 18.0 Å². The van der Waals surface area contributed by atoms with Crippen molar-refractivity contribution in [3.8, 4) is 0 Å². The fourth-order valence-corrected chi connectivity index (χ4v) is 3.26. The summed E-state index contributed by atoms with van der Waals surface area (Å²) >= 11 is 0. The lowest BCUT2D eigenvalue weighted by Crippen LogP contribution is -2.38. The molecule has 8 heteroatoms. The van der Waals surface area contributed by atoms with E-state index in [1.807, 2.05) is 0 Å². The minimum absolute atomic E-state index is 0.0526. The molecule has 0 aliphatic carbocycles. The molecule has 2 aromatic heterocycles. The number of sulfonamides is 1. The van der Waals surface area contributed by atoms with Gasteiger partial charge in [0.1, 0.15) is 5.65 Å². The predicted molar refractivity (Wildman–Crippen MR) is 71.1 cm³/mol. The van der Waals surface area contributed by atoms with Crippen LogP contribution in [0, 0.1) is 0 Å². The molecule has 0 saturated heterocycles. The summed E-state index contributed by atoms with van der Waals surface area (Å²) in [5.41, 5.74) is 6.18. The van der Waals surface area contributed by atoms with Gasteiger partial charge in [0.15, 0.2) is 10.8 Å². The van der Waals surface area contributed by atoms with E-state index in [2.05, 4.69) is 4.98 Å². The SMILES string of the molecule is CC(CO)N(C)S(=O)(=O)c1c(N)nc2ccccn12. The van der Waals surface area contributed by atoms with E-state index in [4.69, 9.17) is 10.8 Å². The second-order valence-electron chi connectivity index (χ2n) is 4.28. The highest BCUT2D eigenvalue weighted by Crippen LogP contribution is 2.23. The van der Waals surface area contributed by atoms with Gasteiger partial charge in [0.05, 0.1) is 6.61 Å². The normalized spacial score (nSPS) is 14.1. The van der Waals surface area contributed by atoms with Crippen LogP contribution in [0.4, 0.5) is 5.82 Å². The van der Waals surface area contributed by atoms with Crippen molar-refractivity contribution in [1.82, 2.24) is 13.7 Å². The zero-order valence-corrected chi connectivity index (χ0v) is 11.5. The lowest BCUT2D eigenvalue weighted by molar-refractivity contribution is 0.213. The van der Waals surface area contributed by atoms with Gasteiger partial charge in [0.2, 0.25) is 0 Å². The number of aliphatic hydroxyl groups is 1. The minimum Gasteiger partial charge on any atom is -0.395 e. The number of hydrogen-bond acceptors (Lipinski definition) is 5. The van der Waals surface area contributed by atoms with E-state index in [9.17, 15) is 8.42 Å². The first-order chi connectivity index (χ1) is 8.89. The molecule has 2 rings (SSSR count). The lowest BCUT2D eigenvalue weighted by Gasteiger charge is -2.22. The van der Waals surface area contributed by atoms with Crippen LogP contribution in [0.3, 0.4) is 0 Å². The Morgan fingerprint density at radius 1 is 1.53 bits per heavy atom. The first kappa shape index (κ1) is 13.8. The molecule has 0 aliphatic rings. The summed E-state index contributed by atoms with van der Waals surface area (Å²) in [7, 11) is -2.41. The van der Waals surface area contributed by atoms with Crippen molar-refractivity contribution < 1.29 is 13.5 Å². The minimum atomic E-state index is -3.82. The smallest absolute Gasteiger partial charge is 0.262 e. The molecule has 1 atom stereocenters. The molecule has 3 N–H and O–H groups in total. The Labute approximate surface area is 111 Å². The summed E-state index contributed by atoms with van der Waals surface area (Å²) in [6, 6.07) is 4.57. The number of aliphatic hydroxyl groups excluding tert-OH is 1. The van der Waals surface area contributed by atoms with Crippen LogP contribution in [0.2, 0.25) is 0 Å². The summed E-state index contributed by atoms with van der Waals surface area (Å²) in [5.74, 6) is -0.0526. The van der Waals surface area contributed by atoms with Crippen LogP contribution in [-0.4, -0.2) is 46.9 Å². The number of aromatic nitrogens is 2. The van der Waals surface area contributed by atoms with E-state index in [-0.39, 0.29) is 17.5 Å². The maximum Gasteiger partial charge on any atom is 0.262 e. The van der Waals surface area contributed by atoms with E-state index < -0.39 is 16.1 Å². The number of anilines is 1. The van der Waals surface area contributed by atoms with Crippen molar-refractivity contribution in [1.29, 1.82) is 0 Å². The van der Waals surface area contributed by atoms with Crippen molar-refractivity contribution in [3.05, 3.63) is 24.4 Å². The Balaban J connectivity index is 2.64. The van der Waals surface area contributed by atoms with Crippen LogP contribution >= 0.6 is 0 Å². The average molecular weight is 284 g/mol. The summed E-state index contributed by atoms with van der Waals surface area (Å²) in [5, 5.41) is 9.01. The van der Waals surface area contributed by atoms with Gasteiger partial charge in [-0.2, -0.15) is 4.31 Å². The number of likely N-dealkylation sites (N-methyl/N-ethyl adjacent to an activating group) is 1. The number of hydrogen-bond donors (Lipinski definition) is 2. The third-order valence-corrected chi connectivity index (χ3v) is 5.03. The topological polar surface area (TPSA) is 101 Å². The summed E-state index contributed by atoms with van der Waals surface area (Å²) in [6.45, 7) is 1.34. The third-order valence-electron chi connectivity index (χ3n) is 3.02. The molecule has 0 fully saturated rings. The molecule has 0 spiro atoms. The van der Waals surface area contributed by atoms with Crippen LogP contribution in [0.5, 0.6) is 0 Å². The number of nitrogen functional groups attached to an aromatic ring is 1. The Morgan fingerprint density at radius 3 is 2.84 bits per heavy atom. The number of nitrogens with two attached hydrogens (primary N) is 1. The van der Waals surface area contributed by atoms with Gasteiger partial charge in [-0.15, -0.1) is 0 Å². The number of pyridine rings is 1. The fourth-order valence-electron chi connectivity index (χ4n) is 1.74. The molecule has 0 aliphatic heterocycles. The first-order valence-electron chi connectivity index (χ1n) is 5.71. The highest BCUT2D eigenvalue weighted by Gasteiger charge is 2.30. The molecule has 7 nitrogen and oxygen atoms in total. The molecule has 0 aromatic carbocycles. The Bertz CT molecular complexity index is 695. The molecule has 19 heavy (non-hydrogen) atoms. The molecular weight excluding hydrogens is 268 g/mol. The zero-order chi connectivity index (χ0) is 14.2. The van der Waals surface area contributed by atoms with Crippen LogP contribution in [0.15, 0.2) is 29.4 Å². The predicted octanol–water partition coefficient (Wildman–Crippen LogP) is -0.0822. The molecule has 2 heterocycles. The molecule has 0 radical (unpaired) electrons. The maximum atomic E-state index is 12.5. The molecular formula is C11H16N4O3S.